The molecule has 1 aromatic carbocycles. The Kier molecular flexibility index (Phi) is 6.61. The van der Waals surface area contributed by atoms with Gasteiger partial charge in [-0.05, 0) is 36.8 Å². The van der Waals surface area contributed by atoms with Crippen LogP contribution in [0.3, 0.4) is 0 Å². The Morgan fingerprint density at radius 1 is 1.24 bits per heavy atom. The van der Waals surface area contributed by atoms with E-state index in [0.717, 1.165) is 24.2 Å². The van der Waals surface area contributed by atoms with Gasteiger partial charge in [0.05, 0.1) is 4.90 Å². The average Bonchev–Trinajstić information content (AvgIpc) is 2.42. The van der Waals surface area contributed by atoms with Gasteiger partial charge in [0.2, 0.25) is 0 Å². The highest BCUT2D eigenvalue weighted by atomic mass is 32.2. The fourth-order valence-corrected chi connectivity index (χ4v) is 4.22. The third kappa shape index (κ3) is 4.65. The van der Waals surface area contributed by atoms with Crippen LogP contribution in [0.5, 0.6) is 0 Å². The minimum atomic E-state index is -1.09. The summed E-state index contributed by atoms with van der Waals surface area (Å²) in [5, 5.41) is 0. The molecule has 21 heavy (non-hydrogen) atoms. The molecular weight excluding hydrogens is 278 g/mol. The summed E-state index contributed by atoms with van der Waals surface area (Å²) in [6.07, 6.45) is 3.25. The number of hydrogen-bond acceptors (Lipinski definition) is 1. The predicted octanol–water partition coefficient (Wildman–Crippen LogP) is 4.83. The van der Waals surface area contributed by atoms with Crippen LogP contribution in [0, 0.1) is 6.92 Å². The Balaban J connectivity index is 3.18. The molecule has 3 heteroatoms. The highest BCUT2D eigenvalue weighted by molar-refractivity contribution is 7.82. The van der Waals surface area contributed by atoms with Crippen molar-refractivity contribution >= 4 is 11.0 Å². The van der Waals surface area contributed by atoms with Crippen LogP contribution in [0.25, 0.3) is 0 Å². The highest BCUT2D eigenvalue weighted by Crippen LogP contribution is 2.30. The standard InChI is InChI=1S/C18H31NOS/c1-8-10-15(9-2)19(7)21(20)17-12-11-14(3)13-16(17)18(4,5)6/h11-13,15H,8-10H2,1-7H3. The first kappa shape index (κ1) is 18.4. The largest absolute Gasteiger partial charge is 0.237 e. The number of rotatable bonds is 6. The molecular formula is C18H31NOS. The molecule has 1 aromatic rings. The zero-order valence-electron chi connectivity index (χ0n) is 14.7. The fraction of sp³-hybridized carbons (Fsp3) is 0.667. The van der Waals surface area contributed by atoms with Crippen LogP contribution in [0.15, 0.2) is 23.1 Å². The first-order chi connectivity index (χ1) is 9.72. The second kappa shape index (κ2) is 7.55. The maximum absolute atomic E-state index is 13.0. The molecule has 0 aliphatic carbocycles. The minimum absolute atomic E-state index is 0.00429. The Morgan fingerprint density at radius 2 is 1.86 bits per heavy atom. The molecule has 0 saturated carbocycles. The van der Waals surface area contributed by atoms with E-state index in [4.69, 9.17) is 0 Å². The summed E-state index contributed by atoms with van der Waals surface area (Å²) in [6.45, 7) is 13.0. The summed E-state index contributed by atoms with van der Waals surface area (Å²) in [4.78, 5) is 0.963. The van der Waals surface area contributed by atoms with E-state index in [1.807, 2.05) is 17.4 Å². The molecule has 0 bridgehead atoms. The van der Waals surface area contributed by atoms with Gasteiger partial charge in [-0.3, -0.25) is 0 Å². The topological polar surface area (TPSA) is 20.3 Å². The molecule has 0 aliphatic rings. The second-order valence-electron chi connectivity index (χ2n) is 6.90. The molecule has 0 saturated heterocycles. The van der Waals surface area contributed by atoms with E-state index in [0.29, 0.717) is 6.04 Å². The van der Waals surface area contributed by atoms with Crippen LogP contribution in [0.4, 0.5) is 0 Å². The number of aryl methyl sites for hydroxylation is 1. The first-order valence-electron chi connectivity index (χ1n) is 7.98. The van der Waals surface area contributed by atoms with Crippen molar-refractivity contribution in [2.24, 2.45) is 0 Å². The van der Waals surface area contributed by atoms with E-state index in [9.17, 15) is 4.21 Å². The molecule has 0 radical (unpaired) electrons. The smallest absolute Gasteiger partial charge is 0.127 e. The summed E-state index contributed by atoms with van der Waals surface area (Å²) in [5.74, 6) is 0. The SMILES string of the molecule is CCCC(CC)N(C)S(=O)c1ccc(C)cc1C(C)(C)C. The van der Waals surface area contributed by atoms with Crippen molar-refractivity contribution in [3.05, 3.63) is 29.3 Å². The summed E-state index contributed by atoms with van der Waals surface area (Å²) >= 11 is 0. The van der Waals surface area contributed by atoms with Crippen molar-refractivity contribution in [3.8, 4) is 0 Å². The van der Waals surface area contributed by atoms with Gasteiger partial charge >= 0.3 is 0 Å². The highest BCUT2D eigenvalue weighted by Gasteiger charge is 2.25. The molecule has 0 heterocycles. The fourth-order valence-electron chi connectivity index (χ4n) is 2.65. The third-order valence-corrected chi connectivity index (χ3v) is 5.55. The van der Waals surface area contributed by atoms with Gasteiger partial charge < -0.3 is 0 Å². The van der Waals surface area contributed by atoms with Crippen molar-refractivity contribution in [1.82, 2.24) is 4.31 Å². The van der Waals surface area contributed by atoms with E-state index in [-0.39, 0.29) is 5.41 Å². The lowest BCUT2D eigenvalue weighted by Crippen LogP contribution is -2.34. The molecule has 0 amide bonds. The predicted molar refractivity (Wildman–Crippen MR) is 93.0 cm³/mol. The molecule has 0 spiro atoms. The van der Waals surface area contributed by atoms with E-state index >= 15 is 0 Å². The zero-order chi connectivity index (χ0) is 16.2. The molecule has 120 valence electrons. The van der Waals surface area contributed by atoms with E-state index in [2.05, 4.69) is 53.7 Å². The summed E-state index contributed by atoms with van der Waals surface area (Å²) in [7, 11) is 0.900. The van der Waals surface area contributed by atoms with Gasteiger partial charge in [0.25, 0.3) is 0 Å². The van der Waals surface area contributed by atoms with Crippen LogP contribution in [0.2, 0.25) is 0 Å². The van der Waals surface area contributed by atoms with Crippen LogP contribution >= 0.6 is 0 Å². The van der Waals surface area contributed by atoms with Gasteiger partial charge in [0.1, 0.15) is 11.0 Å². The lowest BCUT2D eigenvalue weighted by molar-refractivity contribution is 0.355. The first-order valence-corrected chi connectivity index (χ1v) is 9.08. The van der Waals surface area contributed by atoms with Gasteiger partial charge in [-0.1, -0.05) is 58.7 Å². The normalized spacial score (nSPS) is 15.2. The molecule has 0 aromatic heterocycles. The lowest BCUT2D eigenvalue weighted by atomic mass is 9.86. The van der Waals surface area contributed by atoms with Gasteiger partial charge in [-0.2, -0.15) is 0 Å². The maximum Gasteiger partial charge on any atom is 0.127 e. The van der Waals surface area contributed by atoms with Gasteiger partial charge in [0, 0.05) is 13.1 Å². The average molecular weight is 310 g/mol. The van der Waals surface area contributed by atoms with Crippen molar-refractivity contribution in [1.29, 1.82) is 0 Å². The van der Waals surface area contributed by atoms with Crippen molar-refractivity contribution in [3.63, 3.8) is 0 Å². The van der Waals surface area contributed by atoms with E-state index in [1.54, 1.807) is 0 Å². The minimum Gasteiger partial charge on any atom is -0.237 e. The van der Waals surface area contributed by atoms with Crippen molar-refractivity contribution in [2.75, 3.05) is 7.05 Å². The summed E-state index contributed by atoms with van der Waals surface area (Å²) < 4.78 is 15.1. The number of hydrogen-bond donors (Lipinski definition) is 0. The van der Waals surface area contributed by atoms with Crippen LogP contribution in [0.1, 0.15) is 65.0 Å². The second-order valence-corrected chi connectivity index (χ2v) is 8.41. The maximum atomic E-state index is 13.0. The van der Waals surface area contributed by atoms with Crippen LogP contribution in [-0.4, -0.2) is 21.6 Å². The molecule has 0 aliphatic heterocycles. The Hall–Kier alpha value is -0.670. The molecule has 2 nitrogen and oxygen atoms in total. The van der Waals surface area contributed by atoms with Gasteiger partial charge in [-0.25, -0.2) is 8.51 Å². The summed E-state index contributed by atoms with van der Waals surface area (Å²) in [6, 6.07) is 6.67. The van der Waals surface area contributed by atoms with Gasteiger partial charge in [0.15, 0.2) is 0 Å². The number of benzene rings is 1. The third-order valence-electron chi connectivity index (χ3n) is 4.00. The lowest BCUT2D eigenvalue weighted by Gasteiger charge is -2.29. The molecule has 0 N–H and O–H groups in total. The monoisotopic (exact) mass is 309 g/mol. The summed E-state index contributed by atoms with van der Waals surface area (Å²) in [5.41, 5.74) is 2.42. The van der Waals surface area contributed by atoms with Crippen LogP contribution < -0.4 is 0 Å². The zero-order valence-corrected chi connectivity index (χ0v) is 15.5. The van der Waals surface area contributed by atoms with E-state index in [1.165, 1.54) is 11.1 Å². The van der Waals surface area contributed by atoms with Gasteiger partial charge in [-0.15, -0.1) is 0 Å². The van der Waals surface area contributed by atoms with E-state index < -0.39 is 11.0 Å². The Bertz CT molecular complexity index is 490. The van der Waals surface area contributed by atoms with Crippen LogP contribution in [-0.2, 0) is 16.4 Å². The Morgan fingerprint density at radius 3 is 2.33 bits per heavy atom. The quantitative estimate of drug-likeness (QED) is 0.737. The molecule has 0 fully saturated rings. The number of nitrogens with zero attached hydrogens (tertiary/aromatic N) is 1. The molecule has 1 rings (SSSR count). The molecule has 2 atom stereocenters. The Labute approximate surface area is 133 Å². The molecule has 2 unspecified atom stereocenters. The van der Waals surface area contributed by atoms with Crippen molar-refractivity contribution in [2.45, 2.75) is 77.2 Å². The van der Waals surface area contributed by atoms with Crippen molar-refractivity contribution < 1.29 is 4.21 Å².